The van der Waals surface area contributed by atoms with Gasteiger partial charge in [-0.05, 0) is 0 Å². The molecule has 0 saturated carbocycles. The van der Waals surface area contributed by atoms with Gasteiger partial charge in [0, 0.05) is 0 Å². The van der Waals surface area contributed by atoms with Crippen LogP contribution in [0, 0.1) is 0 Å². The zero-order chi connectivity index (χ0) is 66.3. The van der Waals surface area contributed by atoms with E-state index >= 15 is 0 Å². The summed E-state index contributed by atoms with van der Waals surface area (Å²) in [6.07, 6.45) is 136. The molecule has 0 fully saturated rings. The van der Waals surface area contributed by atoms with Crippen LogP contribution in [0.5, 0.6) is 0 Å². The molecular weight excluding hydrogens is 1120 g/mol. The molecule has 0 N–H and O–H groups in total. The van der Waals surface area contributed by atoms with Gasteiger partial charge in [-0.2, -0.15) is 0 Å². The van der Waals surface area contributed by atoms with E-state index in [1.54, 1.807) is 0 Å². The molecule has 0 aliphatic rings. The molecule has 0 aliphatic carbocycles. The SMILES string of the molecule is CCCCCCCCCCCCCCCCCCCCCCCCCCCCCCCCCCCCCCCCCCCCCCCCCCCCCCCCCCCCCCCCCCCCCCCCCCCCCCCCCCCCCCCCCCCCC. The van der Waals surface area contributed by atoms with Gasteiger partial charge in [0.15, 0.2) is 0 Å². The predicted octanol–water partition coefficient (Wildman–Crippen LogP) is 36.5. The Morgan fingerprint density at radius 1 is 0.0538 bits per heavy atom. The van der Waals surface area contributed by atoms with Gasteiger partial charge < -0.3 is 0 Å². The Kier molecular flexibility index (Phi) is 92.0. The van der Waals surface area contributed by atoms with Crippen LogP contribution < -0.4 is 0 Å². The average Bonchev–Trinajstić information content (AvgIpc) is 3.58. The van der Waals surface area contributed by atoms with E-state index < -0.39 is 0 Å². The van der Waals surface area contributed by atoms with Crippen molar-refractivity contribution in [2.75, 3.05) is 0 Å². The van der Waals surface area contributed by atoms with Gasteiger partial charge in [-0.15, -0.1) is 0 Å². The van der Waals surface area contributed by atoms with Crippen LogP contribution in [0.3, 0.4) is 0 Å². The minimum absolute atomic E-state index is 1.37. The molecule has 0 amide bonds. The van der Waals surface area contributed by atoms with E-state index in [0.29, 0.717) is 0 Å². The van der Waals surface area contributed by atoms with Gasteiger partial charge in [0.2, 0.25) is 0 Å². The molecule has 0 saturated heterocycles. The summed E-state index contributed by atoms with van der Waals surface area (Å²) in [7, 11) is 0. The summed E-state index contributed by atoms with van der Waals surface area (Å²) < 4.78 is 0. The Bertz CT molecular complexity index is 1090. The van der Waals surface area contributed by atoms with Gasteiger partial charge in [0.05, 0.1) is 0 Å². The summed E-state index contributed by atoms with van der Waals surface area (Å²) >= 11 is 0. The third-order valence-electron chi connectivity index (χ3n) is 22.7. The van der Waals surface area contributed by atoms with Gasteiger partial charge in [-0.1, -0.05) is 598 Å². The van der Waals surface area contributed by atoms with Crippen molar-refractivity contribution in [3.05, 3.63) is 0 Å². The quantitative estimate of drug-likeness (QED) is 0.0533. The highest BCUT2D eigenvalue weighted by Crippen LogP contribution is 2.23. The fourth-order valence-corrected chi connectivity index (χ4v) is 15.9. The molecule has 0 spiro atoms. The first-order valence-corrected chi connectivity index (χ1v) is 46.4. The third kappa shape index (κ3) is 92.0. The normalized spacial score (nSPS) is 11.8. The maximum absolute atomic E-state index is 2.32. The van der Waals surface area contributed by atoms with Crippen LogP contribution in [-0.2, 0) is 0 Å². The van der Waals surface area contributed by atoms with Gasteiger partial charge in [0.1, 0.15) is 0 Å². The Morgan fingerprint density at radius 3 is 0.118 bits per heavy atom. The Hall–Kier alpha value is 0. The number of unbranched alkanes of at least 4 members (excludes halogenated alkanes) is 90. The van der Waals surface area contributed by atoms with Gasteiger partial charge >= 0.3 is 0 Å². The van der Waals surface area contributed by atoms with Crippen molar-refractivity contribution in [3.8, 4) is 0 Å². The van der Waals surface area contributed by atoms with Crippen molar-refractivity contribution in [3.63, 3.8) is 0 Å². The van der Waals surface area contributed by atoms with E-state index in [9.17, 15) is 0 Å². The van der Waals surface area contributed by atoms with Crippen LogP contribution in [0.2, 0.25) is 0 Å². The molecule has 0 bridgehead atoms. The highest BCUT2D eigenvalue weighted by Gasteiger charge is 2.03. The lowest BCUT2D eigenvalue weighted by molar-refractivity contribution is 0.505. The maximum atomic E-state index is 2.32. The molecule has 0 atom stereocenters. The zero-order valence-corrected chi connectivity index (χ0v) is 66.3. The third-order valence-corrected chi connectivity index (χ3v) is 22.7. The standard InChI is InChI=1S/C93H188/c1-3-5-7-9-11-13-15-17-19-21-23-25-27-29-31-33-35-37-39-41-43-45-47-49-51-53-55-57-59-61-63-65-67-69-71-73-75-77-79-81-83-85-87-89-91-93-92-90-88-86-84-82-80-78-76-74-72-70-68-66-64-62-60-58-56-54-52-50-48-46-44-42-40-38-36-34-32-30-28-26-24-22-20-18-16-14-12-10-8-6-4-2/h3-93H2,1-2H3. The van der Waals surface area contributed by atoms with Crippen molar-refractivity contribution in [1.29, 1.82) is 0 Å². The molecule has 0 heteroatoms. The second-order valence-corrected chi connectivity index (χ2v) is 32.5. The molecule has 0 aliphatic heterocycles. The zero-order valence-electron chi connectivity index (χ0n) is 66.3. The number of hydrogen-bond donors (Lipinski definition) is 0. The molecule has 560 valence electrons. The molecule has 0 heterocycles. The summed E-state index contributed by atoms with van der Waals surface area (Å²) in [5.41, 5.74) is 0. The van der Waals surface area contributed by atoms with Gasteiger partial charge in [-0.3, -0.25) is 0 Å². The van der Waals surface area contributed by atoms with Crippen molar-refractivity contribution in [2.24, 2.45) is 0 Å². The summed E-state index contributed by atoms with van der Waals surface area (Å²) in [6.45, 7) is 4.63. The van der Waals surface area contributed by atoms with Crippen LogP contribution in [0.15, 0.2) is 0 Å². The molecule has 0 unspecified atom stereocenters. The summed E-state index contributed by atoms with van der Waals surface area (Å²) in [4.78, 5) is 0. The van der Waals surface area contributed by atoms with Gasteiger partial charge in [0.25, 0.3) is 0 Å². The monoisotopic (exact) mass is 1310 g/mol. The Balaban J connectivity index is 3.09. The number of rotatable bonds is 90. The first-order valence-electron chi connectivity index (χ1n) is 46.4. The lowest BCUT2D eigenvalue weighted by Gasteiger charge is -2.05. The largest absolute Gasteiger partial charge is 0.0654 e. The molecule has 0 nitrogen and oxygen atoms in total. The summed E-state index contributed by atoms with van der Waals surface area (Å²) in [5, 5.41) is 0. The van der Waals surface area contributed by atoms with E-state index in [1.807, 2.05) is 0 Å². The summed E-state index contributed by atoms with van der Waals surface area (Å²) in [5.74, 6) is 0. The highest BCUT2D eigenvalue weighted by molar-refractivity contribution is 4.59. The molecule has 0 radical (unpaired) electrons. The number of hydrogen-bond acceptors (Lipinski definition) is 0. The molecule has 0 aromatic carbocycles. The van der Waals surface area contributed by atoms with E-state index in [1.165, 1.54) is 584 Å². The van der Waals surface area contributed by atoms with Crippen LogP contribution in [0.25, 0.3) is 0 Å². The molecule has 0 rings (SSSR count). The van der Waals surface area contributed by atoms with E-state index in [2.05, 4.69) is 13.8 Å². The van der Waals surface area contributed by atoms with Crippen molar-refractivity contribution < 1.29 is 0 Å². The van der Waals surface area contributed by atoms with E-state index in [0.717, 1.165) is 0 Å². The Morgan fingerprint density at radius 2 is 0.0860 bits per heavy atom. The van der Waals surface area contributed by atoms with Gasteiger partial charge in [-0.25, -0.2) is 0 Å². The Labute approximate surface area is 594 Å². The topological polar surface area (TPSA) is 0 Å². The van der Waals surface area contributed by atoms with Crippen LogP contribution >= 0.6 is 0 Å². The minimum atomic E-state index is 1.37. The smallest absolute Gasteiger partial charge is 0.0533 e. The van der Waals surface area contributed by atoms with E-state index in [4.69, 9.17) is 0 Å². The first kappa shape index (κ1) is 93.0. The molecule has 93 heavy (non-hydrogen) atoms. The maximum Gasteiger partial charge on any atom is -0.0533 e. The van der Waals surface area contributed by atoms with Crippen LogP contribution in [0.1, 0.15) is 598 Å². The second-order valence-electron chi connectivity index (χ2n) is 32.5. The van der Waals surface area contributed by atoms with Crippen molar-refractivity contribution in [1.82, 2.24) is 0 Å². The molecule has 0 aromatic rings. The lowest BCUT2D eigenvalue weighted by Crippen LogP contribution is -1.85. The van der Waals surface area contributed by atoms with Crippen molar-refractivity contribution in [2.45, 2.75) is 598 Å². The highest BCUT2D eigenvalue weighted by atomic mass is 14.1. The molecule has 0 aromatic heterocycles. The fourth-order valence-electron chi connectivity index (χ4n) is 15.9. The molecular formula is C93H188. The van der Waals surface area contributed by atoms with Crippen LogP contribution in [-0.4, -0.2) is 0 Å². The average molecular weight is 1310 g/mol. The summed E-state index contributed by atoms with van der Waals surface area (Å²) in [6, 6.07) is 0. The lowest BCUT2D eigenvalue weighted by atomic mass is 10.0. The fraction of sp³-hybridized carbons (Fsp3) is 1.00. The van der Waals surface area contributed by atoms with Crippen molar-refractivity contribution >= 4 is 0 Å². The first-order chi connectivity index (χ1) is 46.4. The predicted molar refractivity (Wildman–Crippen MR) is 431 cm³/mol. The van der Waals surface area contributed by atoms with E-state index in [-0.39, 0.29) is 0 Å². The minimum Gasteiger partial charge on any atom is -0.0654 e. The van der Waals surface area contributed by atoms with Crippen LogP contribution in [0.4, 0.5) is 0 Å². The second kappa shape index (κ2) is 92.0.